The van der Waals surface area contributed by atoms with Gasteiger partial charge in [-0.05, 0) is 0 Å². The molecule has 3 N–H and O–H groups in total. The smallest absolute Gasteiger partial charge is 0.379 e. The average molecular weight is 232 g/mol. The highest BCUT2D eigenvalue weighted by molar-refractivity contribution is 7.56. The Kier molecular flexibility index (Phi) is 4.29. The maximum atomic E-state index is 10.8. The molecule has 0 radical (unpaired) electrons. The fourth-order valence-electron chi connectivity index (χ4n) is 0.503. The Morgan fingerprint density at radius 2 is 1.69 bits per heavy atom. The molecule has 0 aromatic rings. The number of hydrogen-bond acceptors (Lipinski definition) is 4. The molecule has 0 amide bonds. The van der Waals surface area contributed by atoms with E-state index in [1.54, 1.807) is 0 Å². The topological polar surface area (TPSA) is 121 Å². The molecular formula is C4H10O7P2. The molecule has 13 heavy (non-hydrogen) atoms. The Hall–Kier alpha value is -0.190. The highest BCUT2D eigenvalue weighted by Crippen LogP contribution is 2.46. The van der Waals surface area contributed by atoms with E-state index in [2.05, 4.69) is 4.52 Å². The van der Waals surface area contributed by atoms with Crippen molar-refractivity contribution >= 4 is 21.2 Å². The number of rotatable bonds is 4. The Morgan fingerprint density at radius 1 is 1.23 bits per heavy atom. The second kappa shape index (κ2) is 4.35. The predicted octanol–water partition coefficient (Wildman–Crippen LogP) is -0.0874. The van der Waals surface area contributed by atoms with Crippen LogP contribution in [0.15, 0.2) is 0 Å². The molecule has 0 saturated heterocycles. The van der Waals surface area contributed by atoms with Gasteiger partial charge in [-0.15, -0.1) is 0 Å². The zero-order chi connectivity index (χ0) is 10.7. The van der Waals surface area contributed by atoms with Crippen molar-refractivity contribution in [1.29, 1.82) is 0 Å². The highest BCUT2D eigenvalue weighted by Gasteiger charge is 2.26. The average Bonchev–Trinajstić information content (AvgIpc) is 1.79. The van der Waals surface area contributed by atoms with Crippen molar-refractivity contribution in [3.05, 3.63) is 0 Å². The summed E-state index contributed by atoms with van der Waals surface area (Å²) in [6.45, 7) is 0.931. The normalized spacial score (nSPS) is 16.3. The predicted molar refractivity (Wildman–Crippen MR) is 43.4 cm³/mol. The zero-order valence-electron chi connectivity index (χ0n) is 6.78. The van der Waals surface area contributed by atoms with E-state index < -0.39 is 33.5 Å². The lowest BCUT2D eigenvalue weighted by atomic mass is 10.9. The third kappa shape index (κ3) is 8.15. The molecular weight excluding hydrogens is 222 g/mol. The van der Waals surface area contributed by atoms with Crippen LogP contribution < -0.4 is 0 Å². The van der Waals surface area contributed by atoms with Crippen molar-refractivity contribution in [2.24, 2.45) is 0 Å². The SMILES string of the molecule is CC(=O)OP(=O)(O)CCP(=O)(O)O. The third-order valence-corrected chi connectivity index (χ3v) is 3.44. The molecule has 0 saturated carbocycles. The lowest BCUT2D eigenvalue weighted by Gasteiger charge is -2.10. The number of carbonyl (C=O) groups excluding carboxylic acids is 1. The quantitative estimate of drug-likeness (QED) is 0.579. The van der Waals surface area contributed by atoms with Gasteiger partial charge >= 0.3 is 21.2 Å². The van der Waals surface area contributed by atoms with Crippen LogP contribution in [-0.4, -0.2) is 33.0 Å². The van der Waals surface area contributed by atoms with Crippen molar-refractivity contribution in [1.82, 2.24) is 0 Å². The van der Waals surface area contributed by atoms with E-state index in [1.165, 1.54) is 0 Å². The summed E-state index contributed by atoms with van der Waals surface area (Å²) in [5.41, 5.74) is 0. The van der Waals surface area contributed by atoms with Crippen molar-refractivity contribution < 1.29 is 33.1 Å². The molecule has 0 aromatic heterocycles. The van der Waals surface area contributed by atoms with Crippen LogP contribution in [0.25, 0.3) is 0 Å². The molecule has 1 unspecified atom stereocenters. The van der Waals surface area contributed by atoms with Crippen LogP contribution in [0, 0.1) is 0 Å². The molecule has 78 valence electrons. The maximum absolute atomic E-state index is 10.8. The summed E-state index contributed by atoms with van der Waals surface area (Å²) < 4.78 is 25.1. The number of carbonyl (C=O) groups is 1. The summed E-state index contributed by atoms with van der Waals surface area (Å²) in [4.78, 5) is 35.8. The Bertz CT molecular complexity index is 278. The third-order valence-electron chi connectivity index (χ3n) is 0.945. The first-order valence-corrected chi connectivity index (χ1v) is 6.75. The second-order valence-electron chi connectivity index (χ2n) is 2.33. The Balaban J connectivity index is 4.12. The van der Waals surface area contributed by atoms with Crippen molar-refractivity contribution in [3.63, 3.8) is 0 Å². The van der Waals surface area contributed by atoms with Gasteiger partial charge in [0.15, 0.2) is 0 Å². The molecule has 0 aromatic carbocycles. The fraction of sp³-hybridized carbons (Fsp3) is 0.750. The largest absolute Gasteiger partial charge is 0.392 e. The molecule has 0 bridgehead atoms. The van der Waals surface area contributed by atoms with Gasteiger partial charge in [0, 0.05) is 6.92 Å². The van der Waals surface area contributed by atoms with E-state index in [0.29, 0.717) is 0 Å². The van der Waals surface area contributed by atoms with Crippen LogP contribution >= 0.6 is 15.2 Å². The number of hydrogen-bond donors (Lipinski definition) is 3. The van der Waals surface area contributed by atoms with E-state index in [0.717, 1.165) is 6.92 Å². The molecule has 7 nitrogen and oxygen atoms in total. The zero-order valence-corrected chi connectivity index (χ0v) is 8.57. The fourth-order valence-corrected chi connectivity index (χ4v) is 3.05. The minimum Gasteiger partial charge on any atom is -0.392 e. The summed E-state index contributed by atoms with van der Waals surface area (Å²) in [5, 5.41) is 0. The van der Waals surface area contributed by atoms with Crippen LogP contribution in [0.5, 0.6) is 0 Å². The summed E-state index contributed by atoms with van der Waals surface area (Å²) in [5.74, 6) is -0.962. The molecule has 0 aliphatic rings. The van der Waals surface area contributed by atoms with Crippen molar-refractivity contribution in [2.75, 3.05) is 12.3 Å². The van der Waals surface area contributed by atoms with Crippen LogP contribution in [0.3, 0.4) is 0 Å². The molecule has 9 heteroatoms. The van der Waals surface area contributed by atoms with Gasteiger partial charge in [-0.2, -0.15) is 0 Å². The molecule has 0 heterocycles. The first-order valence-electron chi connectivity index (χ1n) is 3.19. The maximum Gasteiger partial charge on any atom is 0.379 e. The summed E-state index contributed by atoms with van der Waals surface area (Å²) in [6.07, 6.45) is -1.52. The van der Waals surface area contributed by atoms with Gasteiger partial charge in [0.25, 0.3) is 0 Å². The molecule has 0 spiro atoms. The van der Waals surface area contributed by atoms with Gasteiger partial charge in [-0.3, -0.25) is 9.36 Å². The second-order valence-corrected chi connectivity index (χ2v) is 6.01. The van der Waals surface area contributed by atoms with Crippen LogP contribution in [0.1, 0.15) is 6.92 Å². The minimum absolute atomic E-state index is 0.739. The van der Waals surface area contributed by atoms with Gasteiger partial charge in [-0.1, -0.05) is 0 Å². The minimum atomic E-state index is -4.33. The van der Waals surface area contributed by atoms with Crippen molar-refractivity contribution in [3.8, 4) is 0 Å². The molecule has 0 aliphatic heterocycles. The van der Waals surface area contributed by atoms with Crippen LogP contribution in [-0.2, 0) is 18.4 Å². The summed E-state index contributed by atoms with van der Waals surface area (Å²) in [7, 11) is -8.52. The lowest BCUT2D eigenvalue weighted by Crippen LogP contribution is -2.03. The van der Waals surface area contributed by atoms with E-state index in [1.807, 2.05) is 0 Å². The van der Waals surface area contributed by atoms with E-state index in [9.17, 15) is 13.9 Å². The van der Waals surface area contributed by atoms with Crippen molar-refractivity contribution in [2.45, 2.75) is 6.92 Å². The van der Waals surface area contributed by atoms with Gasteiger partial charge in [-0.25, -0.2) is 4.57 Å². The monoisotopic (exact) mass is 232 g/mol. The van der Waals surface area contributed by atoms with Crippen LogP contribution in [0.2, 0.25) is 0 Å². The highest BCUT2D eigenvalue weighted by atomic mass is 31.2. The summed E-state index contributed by atoms with van der Waals surface area (Å²) in [6, 6.07) is 0. The van der Waals surface area contributed by atoms with E-state index in [-0.39, 0.29) is 0 Å². The first-order chi connectivity index (χ1) is 5.62. The van der Waals surface area contributed by atoms with Gasteiger partial charge in [0.05, 0.1) is 12.3 Å². The van der Waals surface area contributed by atoms with Gasteiger partial charge < -0.3 is 19.2 Å². The molecule has 0 aliphatic carbocycles. The molecule has 1 atom stereocenters. The van der Waals surface area contributed by atoms with E-state index >= 15 is 0 Å². The van der Waals surface area contributed by atoms with Gasteiger partial charge in [0.1, 0.15) is 0 Å². The Labute approximate surface area is 74.4 Å². The standard InChI is InChI=1S/C4H10O7P2/c1-4(5)11-13(9,10)3-2-12(6,7)8/h2-3H2,1H3,(H,9,10)(H2,6,7,8). The van der Waals surface area contributed by atoms with Gasteiger partial charge in [0.2, 0.25) is 0 Å². The Morgan fingerprint density at radius 3 is 2.00 bits per heavy atom. The molecule has 0 rings (SSSR count). The van der Waals surface area contributed by atoms with Crippen LogP contribution in [0.4, 0.5) is 0 Å². The summed E-state index contributed by atoms with van der Waals surface area (Å²) >= 11 is 0. The van der Waals surface area contributed by atoms with E-state index in [4.69, 9.17) is 14.7 Å². The lowest BCUT2D eigenvalue weighted by molar-refractivity contribution is -0.132. The molecule has 0 fully saturated rings. The first kappa shape index (κ1) is 12.8.